The van der Waals surface area contributed by atoms with Crippen molar-refractivity contribution in [3.63, 3.8) is 0 Å². The van der Waals surface area contributed by atoms with Crippen LogP contribution >= 0.6 is 11.6 Å². The normalized spacial score (nSPS) is 13.0. The molecular weight excluding hydrogens is 546 g/mol. The fourth-order valence-corrected chi connectivity index (χ4v) is 5.80. The van der Waals surface area contributed by atoms with Crippen molar-refractivity contribution in [2.24, 2.45) is 0 Å². The largest absolute Gasteiger partial charge is 0.352 e. The van der Waals surface area contributed by atoms with Crippen LogP contribution < -0.4 is 9.62 Å². The Bertz CT molecular complexity index is 1400. The Hall–Kier alpha value is -3.36. The van der Waals surface area contributed by atoms with Crippen LogP contribution in [0.15, 0.2) is 83.8 Å². The zero-order valence-electron chi connectivity index (χ0n) is 23.7. The van der Waals surface area contributed by atoms with Crippen LogP contribution in [-0.4, -0.2) is 43.8 Å². The van der Waals surface area contributed by atoms with E-state index in [2.05, 4.69) is 19.2 Å². The quantitative estimate of drug-likeness (QED) is 0.284. The fourth-order valence-electron chi connectivity index (χ4n) is 4.15. The number of amides is 2. The van der Waals surface area contributed by atoms with Crippen molar-refractivity contribution in [1.29, 1.82) is 0 Å². The van der Waals surface area contributed by atoms with Crippen LogP contribution in [0.4, 0.5) is 5.69 Å². The third kappa shape index (κ3) is 7.86. The maximum Gasteiger partial charge on any atom is 0.264 e. The molecule has 0 radical (unpaired) electrons. The summed E-state index contributed by atoms with van der Waals surface area (Å²) in [5.74, 6) is -0.573. The molecule has 0 unspecified atom stereocenters. The van der Waals surface area contributed by atoms with Crippen LogP contribution in [-0.2, 0) is 26.2 Å². The molecule has 214 valence electrons. The summed E-state index contributed by atoms with van der Waals surface area (Å²) in [5.41, 5.74) is 2.13. The molecule has 0 bridgehead atoms. The van der Waals surface area contributed by atoms with E-state index < -0.39 is 28.5 Å². The molecule has 2 atom stereocenters. The molecule has 0 saturated carbocycles. The van der Waals surface area contributed by atoms with Gasteiger partial charge in [-0.15, -0.1) is 0 Å². The van der Waals surface area contributed by atoms with Gasteiger partial charge in [0.05, 0.1) is 10.6 Å². The van der Waals surface area contributed by atoms with Gasteiger partial charge in [0.25, 0.3) is 10.0 Å². The maximum atomic E-state index is 14.0. The van der Waals surface area contributed by atoms with Gasteiger partial charge in [0, 0.05) is 17.6 Å². The molecule has 0 aliphatic carbocycles. The van der Waals surface area contributed by atoms with Crippen LogP contribution in [0.1, 0.15) is 58.1 Å². The van der Waals surface area contributed by atoms with Gasteiger partial charge in [-0.25, -0.2) is 8.42 Å². The number of rotatable bonds is 12. The first-order valence-electron chi connectivity index (χ1n) is 13.5. The number of nitrogens with one attached hydrogen (secondary N) is 1. The molecule has 0 aliphatic heterocycles. The molecule has 3 aromatic carbocycles. The monoisotopic (exact) mass is 583 g/mol. The predicted molar refractivity (Wildman–Crippen MR) is 161 cm³/mol. The highest BCUT2D eigenvalue weighted by Gasteiger charge is 2.32. The third-order valence-electron chi connectivity index (χ3n) is 6.87. The highest BCUT2D eigenvalue weighted by atomic mass is 35.5. The Morgan fingerprint density at radius 3 is 2.12 bits per heavy atom. The standard InChI is InChI=1S/C31H38ClN3O4S/c1-6-23(4)33-31(37)24(5)34(20-25-11-10-12-27(32)19-25)30(36)21-35(28-17-15-26(16-18-28)22(2)3)40(38,39)29-13-8-7-9-14-29/h7-19,22-24H,6,20-21H2,1-5H3,(H,33,37)/t23-,24-/m0/s1. The number of sulfonamides is 1. The molecule has 0 aliphatic rings. The highest BCUT2D eigenvalue weighted by molar-refractivity contribution is 7.92. The van der Waals surface area contributed by atoms with E-state index in [1.54, 1.807) is 55.5 Å². The van der Waals surface area contributed by atoms with Gasteiger partial charge >= 0.3 is 0 Å². The summed E-state index contributed by atoms with van der Waals surface area (Å²) in [5, 5.41) is 3.43. The van der Waals surface area contributed by atoms with Gasteiger partial charge in [0.1, 0.15) is 12.6 Å². The first-order chi connectivity index (χ1) is 18.9. The van der Waals surface area contributed by atoms with E-state index >= 15 is 0 Å². The van der Waals surface area contributed by atoms with E-state index in [0.717, 1.165) is 21.9 Å². The SMILES string of the molecule is CC[C@H](C)NC(=O)[C@H](C)N(Cc1cccc(Cl)c1)C(=O)CN(c1ccc(C(C)C)cc1)S(=O)(=O)c1ccccc1. The van der Waals surface area contributed by atoms with Gasteiger partial charge in [-0.2, -0.15) is 0 Å². The minimum atomic E-state index is -4.10. The van der Waals surface area contributed by atoms with Crippen molar-refractivity contribution in [2.75, 3.05) is 10.8 Å². The number of halogens is 1. The Kier molecular flexibility index (Phi) is 10.8. The van der Waals surface area contributed by atoms with E-state index in [-0.39, 0.29) is 29.3 Å². The highest BCUT2D eigenvalue weighted by Crippen LogP contribution is 2.27. The summed E-state index contributed by atoms with van der Waals surface area (Å²) in [6.07, 6.45) is 0.732. The molecule has 2 amide bonds. The summed E-state index contributed by atoms with van der Waals surface area (Å²) in [6, 6.07) is 21.3. The van der Waals surface area contributed by atoms with Crippen LogP contribution in [0.25, 0.3) is 0 Å². The molecular formula is C31H38ClN3O4S. The lowest BCUT2D eigenvalue weighted by molar-refractivity contribution is -0.139. The maximum absolute atomic E-state index is 14.0. The zero-order chi connectivity index (χ0) is 29.4. The molecule has 0 fully saturated rings. The summed E-state index contributed by atoms with van der Waals surface area (Å²) in [4.78, 5) is 28.6. The summed E-state index contributed by atoms with van der Waals surface area (Å²) in [7, 11) is -4.10. The van der Waals surface area contributed by atoms with Crippen molar-refractivity contribution in [1.82, 2.24) is 10.2 Å². The Morgan fingerprint density at radius 2 is 1.55 bits per heavy atom. The van der Waals surface area contributed by atoms with E-state index in [0.29, 0.717) is 10.7 Å². The summed E-state index contributed by atoms with van der Waals surface area (Å²) in [6.45, 7) is 9.20. The van der Waals surface area contributed by atoms with Gasteiger partial charge in [0.15, 0.2) is 0 Å². The first-order valence-corrected chi connectivity index (χ1v) is 15.3. The van der Waals surface area contributed by atoms with Crippen LogP contribution in [0, 0.1) is 0 Å². The molecule has 1 N–H and O–H groups in total. The second-order valence-corrected chi connectivity index (χ2v) is 12.5. The van der Waals surface area contributed by atoms with Gasteiger partial charge in [-0.3, -0.25) is 13.9 Å². The smallest absolute Gasteiger partial charge is 0.264 e. The van der Waals surface area contributed by atoms with E-state index in [1.165, 1.54) is 17.0 Å². The van der Waals surface area contributed by atoms with Gasteiger partial charge < -0.3 is 10.2 Å². The molecule has 3 rings (SSSR count). The lowest BCUT2D eigenvalue weighted by Gasteiger charge is -2.32. The molecule has 3 aromatic rings. The van der Waals surface area contributed by atoms with Crippen LogP contribution in [0.3, 0.4) is 0 Å². The minimum absolute atomic E-state index is 0.0692. The average Bonchev–Trinajstić information content (AvgIpc) is 2.94. The Morgan fingerprint density at radius 1 is 0.900 bits per heavy atom. The molecule has 0 spiro atoms. The molecule has 7 nitrogen and oxygen atoms in total. The van der Waals surface area contributed by atoms with Gasteiger partial charge in [0.2, 0.25) is 11.8 Å². The Labute approximate surface area is 243 Å². The van der Waals surface area contributed by atoms with E-state index in [9.17, 15) is 18.0 Å². The Balaban J connectivity index is 2.03. The van der Waals surface area contributed by atoms with E-state index in [4.69, 9.17) is 11.6 Å². The van der Waals surface area contributed by atoms with Crippen molar-refractivity contribution in [3.05, 3.63) is 95.0 Å². The fraction of sp³-hybridized carbons (Fsp3) is 0.355. The van der Waals surface area contributed by atoms with Crippen molar-refractivity contribution < 1.29 is 18.0 Å². The van der Waals surface area contributed by atoms with Crippen LogP contribution in [0.5, 0.6) is 0 Å². The number of benzene rings is 3. The number of nitrogens with zero attached hydrogens (tertiary/aromatic N) is 2. The van der Waals surface area contributed by atoms with Crippen LogP contribution in [0.2, 0.25) is 5.02 Å². The molecule has 9 heteroatoms. The first kappa shape index (κ1) is 31.2. The topological polar surface area (TPSA) is 86.8 Å². The van der Waals surface area contributed by atoms with Crippen molar-refractivity contribution >= 4 is 39.1 Å². The summed E-state index contributed by atoms with van der Waals surface area (Å²) >= 11 is 6.19. The third-order valence-corrected chi connectivity index (χ3v) is 8.89. The molecule has 0 aromatic heterocycles. The van der Waals surface area contributed by atoms with Gasteiger partial charge in [-0.1, -0.05) is 74.8 Å². The second-order valence-electron chi connectivity index (χ2n) is 10.2. The van der Waals surface area contributed by atoms with E-state index in [1.807, 2.05) is 32.0 Å². The van der Waals surface area contributed by atoms with Crippen molar-refractivity contribution in [3.8, 4) is 0 Å². The number of hydrogen-bond acceptors (Lipinski definition) is 4. The lowest BCUT2D eigenvalue weighted by atomic mass is 10.0. The lowest BCUT2D eigenvalue weighted by Crippen LogP contribution is -2.52. The molecule has 40 heavy (non-hydrogen) atoms. The predicted octanol–water partition coefficient (Wildman–Crippen LogP) is 5.99. The number of carbonyl (C=O) groups is 2. The molecule has 0 saturated heterocycles. The second kappa shape index (κ2) is 13.8. The summed E-state index contributed by atoms with van der Waals surface area (Å²) < 4.78 is 28.8. The van der Waals surface area contributed by atoms with Gasteiger partial charge in [-0.05, 0) is 73.7 Å². The van der Waals surface area contributed by atoms with Crippen molar-refractivity contribution in [2.45, 2.75) is 70.5 Å². The minimum Gasteiger partial charge on any atom is -0.352 e. The number of hydrogen-bond donors (Lipinski definition) is 1. The zero-order valence-corrected chi connectivity index (χ0v) is 25.2. The number of carbonyl (C=O) groups excluding carboxylic acids is 2. The number of anilines is 1. The average molecular weight is 584 g/mol. The molecule has 0 heterocycles.